The first kappa shape index (κ1) is 17.3. The Kier molecular flexibility index (Phi) is 5.26. The fourth-order valence-electron chi connectivity index (χ4n) is 2.41. The van der Waals surface area contributed by atoms with Crippen molar-refractivity contribution in [2.24, 2.45) is 0 Å². The van der Waals surface area contributed by atoms with Gasteiger partial charge < -0.3 is 15.6 Å². The number of hydrogen-bond acceptors (Lipinski definition) is 2. The molecule has 25 heavy (non-hydrogen) atoms. The Morgan fingerprint density at radius 3 is 2.36 bits per heavy atom. The molecule has 0 bridgehead atoms. The van der Waals surface area contributed by atoms with E-state index in [0.717, 1.165) is 10.9 Å². The number of amides is 2. The van der Waals surface area contributed by atoms with E-state index in [1.165, 1.54) is 6.07 Å². The molecule has 0 aliphatic heterocycles. The molecule has 0 unspecified atom stereocenters. The first-order valence-corrected chi connectivity index (χ1v) is 8.39. The van der Waals surface area contributed by atoms with Gasteiger partial charge in [0.2, 0.25) is 0 Å². The van der Waals surface area contributed by atoms with Gasteiger partial charge >= 0.3 is 0 Å². The van der Waals surface area contributed by atoms with Crippen molar-refractivity contribution in [1.29, 1.82) is 0 Å². The minimum atomic E-state index is -0.318. The summed E-state index contributed by atoms with van der Waals surface area (Å²) in [4.78, 5) is 27.2. The van der Waals surface area contributed by atoms with Gasteiger partial charge in [-0.1, -0.05) is 41.4 Å². The topological polar surface area (TPSA) is 74.0 Å². The van der Waals surface area contributed by atoms with Crippen LogP contribution in [-0.4, -0.2) is 29.9 Å². The Labute approximate surface area is 154 Å². The first-order chi connectivity index (χ1) is 12.0. The number of para-hydroxylation sites is 1. The average Bonchev–Trinajstić information content (AvgIpc) is 3.02. The largest absolute Gasteiger partial charge is 0.351 e. The number of aromatic amines is 1. The monoisotopic (exact) mass is 375 g/mol. The van der Waals surface area contributed by atoms with Crippen LogP contribution >= 0.6 is 23.2 Å². The van der Waals surface area contributed by atoms with E-state index in [1.807, 2.05) is 24.3 Å². The fourth-order valence-corrected chi connectivity index (χ4v) is 2.91. The van der Waals surface area contributed by atoms with Gasteiger partial charge in [0.1, 0.15) is 5.69 Å². The van der Waals surface area contributed by atoms with E-state index in [1.54, 1.807) is 18.2 Å². The second kappa shape index (κ2) is 7.59. The van der Waals surface area contributed by atoms with E-state index in [4.69, 9.17) is 23.2 Å². The van der Waals surface area contributed by atoms with Crippen LogP contribution in [0.25, 0.3) is 10.9 Å². The zero-order valence-corrected chi connectivity index (χ0v) is 14.6. The van der Waals surface area contributed by atoms with Crippen LogP contribution in [0.1, 0.15) is 20.8 Å². The Morgan fingerprint density at radius 1 is 0.920 bits per heavy atom. The quantitative estimate of drug-likeness (QED) is 0.595. The predicted molar refractivity (Wildman–Crippen MR) is 99.4 cm³/mol. The molecule has 3 rings (SSSR count). The third kappa shape index (κ3) is 4.13. The molecule has 0 saturated carbocycles. The summed E-state index contributed by atoms with van der Waals surface area (Å²) in [6, 6.07) is 14.1. The molecular formula is C18H15Cl2N3O2. The maximum atomic E-state index is 12.1. The molecule has 128 valence electrons. The SMILES string of the molecule is O=C(NCCNC(=O)c1ccc(Cl)cc1Cl)c1cc2ccccc2[nH]1. The number of carbonyl (C=O) groups is 2. The molecule has 1 aromatic heterocycles. The Bertz CT molecular complexity index is 904. The molecule has 5 nitrogen and oxygen atoms in total. The molecular weight excluding hydrogens is 361 g/mol. The van der Waals surface area contributed by atoms with Gasteiger partial charge in [-0.25, -0.2) is 0 Å². The number of hydrogen-bond donors (Lipinski definition) is 3. The van der Waals surface area contributed by atoms with Gasteiger partial charge in [-0.05, 0) is 30.3 Å². The van der Waals surface area contributed by atoms with Crippen molar-refractivity contribution >= 4 is 45.9 Å². The number of H-pyrrole nitrogens is 1. The fraction of sp³-hybridized carbons (Fsp3) is 0.111. The number of nitrogens with one attached hydrogen (secondary N) is 3. The lowest BCUT2D eigenvalue weighted by molar-refractivity contribution is 0.0925. The number of halogens is 2. The molecule has 1 heterocycles. The van der Waals surface area contributed by atoms with Gasteiger partial charge in [-0.2, -0.15) is 0 Å². The molecule has 0 fully saturated rings. The van der Waals surface area contributed by atoms with E-state index < -0.39 is 0 Å². The molecule has 7 heteroatoms. The molecule has 0 spiro atoms. The van der Waals surface area contributed by atoms with E-state index in [-0.39, 0.29) is 23.4 Å². The number of fused-ring (bicyclic) bond motifs is 1. The Morgan fingerprint density at radius 2 is 1.64 bits per heavy atom. The van der Waals surface area contributed by atoms with Crippen molar-refractivity contribution in [3.8, 4) is 0 Å². The zero-order chi connectivity index (χ0) is 17.8. The highest BCUT2D eigenvalue weighted by molar-refractivity contribution is 6.36. The van der Waals surface area contributed by atoms with Crippen LogP contribution in [-0.2, 0) is 0 Å². The smallest absolute Gasteiger partial charge is 0.267 e. The maximum absolute atomic E-state index is 12.1. The van der Waals surface area contributed by atoms with Gasteiger partial charge in [0.25, 0.3) is 11.8 Å². The molecule has 3 aromatic rings. The second-order valence-corrected chi connectivity index (χ2v) is 6.25. The van der Waals surface area contributed by atoms with Gasteiger partial charge in [0.15, 0.2) is 0 Å². The highest BCUT2D eigenvalue weighted by atomic mass is 35.5. The molecule has 0 radical (unpaired) electrons. The molecule has 0 saturated heterocycles. The summed E-state index contributed by atoms with van der Waals surface area (Å²) < 4.78 is 0. The van der Waals surface area contributed by atoms with Gasteiger partial charge in [0.05, 0.1) is 10.6 Å². The van der Waals surface area contributed by atoms with Gasteiger partial charge in [-0.15, -0.1) is 0 Å². The minimum absolute atomic E-state index is 0.227. The predicted octanol–water partition coefficient (Wildman–Crippen LogP) is 3.63. The highest BCUT2D eigenvalue weighted by Gasteiger charge is 2.11. The Balaban J connectivity index is 1.50. The Hall–Kier alpha value is -2.50. The molecule has 3 N–H and O–H groups in total. The summed E-state index contributed by atoms with van der Waals surface area (Å²) >= 11 is 11.8. The third-order valence-electron chi connectivity index (χ3n) is 3.65. The summed E-state index contributed by atoms with van der Waals surface area (Å²) in [5.41, 5.74) is 1.72. The number of rotatable bonds is 5. The molecule has 2 amide bonds. The standard InChI is InChI=1S/C18H15Cl2N3O2/c19-12-5-6-13(14(20)10-12)17(24)21-7-8-22-18(25)16-9-11-3-1-2-4-15(11)23-16/h1-6,9-10,23H,7-8H2,(H,21,24)(H,22,25). The molecule has 0 aliphatic carbocycles. The zero-order valence-electron chi connectivity index (χ0n) is 13.1. The van der Waals surface area contributed by atoms with Crippen LogP contribution in [0, 0.1) is 0 Å². The lowest BCUT2D eigenvalue weighted by atomic mass is 10.2. The van der Waals surface area contributed by atoms with Crippen molar-refractivity contribution in [2.45, 2.75) is 0 Å². The summed E-state index contributed by atoms with van der Waals surface area (Å²) in [6.45, 7) is 0.578. The van der Waals surface area contributed by atoms with Crippen molar-refractivity contribution in [3.05, 3.63) is 69.8 Å². The van der Waals surface area contributed by atoms with E-state index >= 15 is 0 Å². The summed E-state index contributed by atoms with van der Waals surface area (Å²) in [7, 11) is 0. The average molecular weight is 376 g/mol. The number of aromatic nitrogens is 1. The van der Waals surface area contributed by atoms with Crippen molar-refractivity contribution < 1.29 is 9.59 Å². The number of carbonyl (C=O) groups excluding carboxylic acids is 2. The van der Waals surface area contributed by atoms with Gasteiger partial charge in [0, 0.05) is 29.0 Å². The second-order valence-electron chi connectivity index (χ2n) is 5.41. The van der Waals surface area contributed by atoms with Crippen molar-refractivity contribution in [3.63, 3.8) is 0 Å². The summed E-state index contributed by atoms with van der Waals surface area (Å²) in [5.74, 6) is -0.545. The van der Waals surface area contributed by atoms with Crippen molar-refractivity contribution in [2.75, 3.05) is 13.1 Å². The number of benzene rings is 2. The lowest BCUT2D eigenvalue weighted by Crippen LogP contribution is -2.34. The van der Waals surface area contributed by atoms with Crippen LogP contribution in [0.2, 0.25) is 10.0 Å². The maximum Gasteiger partial charge on any atom is 0.267 e. The van der Waals surface area contributed by atoms with Crippen LogP contribution in [0.15, 0.2) is 48.5 Å². The van der Waals surface area contributed by atoms with E-state index in [2.05, 4.69) is 15.6 Å². The normalized spacial score (nSPS) is 10.6. The summed E-state index contributed by atoms with van der Waals surface area (Å²) in [6.07, 6.45) is 0. The van der Waals surface area contributed by atoms with Crippen LogP contribution < -0.4 is 10.6 Å². The van der Waals surface area contributed by atoms with Gasteiger partial charge in [-0.3, -0.25) is 9.59 Å². The first-order valence-electron chi connectivity index (χ1n) is 7.64. The lowest BCUT2D eigenvalue weighted by Gasteiger charge is -2.08. The van der Waals surface area contributed by atoms with Crippen molar-refractivity contribution in [1.82, 2.24) is 15.6 Å². The third-order valence-corrected chi connectivity index (χ3v) is 4.19. The summed E-state index contributed by atoms with van der Waals surface area (Å²) in [5, 5.41) is 7.17. The van der Waals surface area contributed by atoms with Crippen LogP contribution in [0.4, 0.5) is 0 Å². The minimum Gasteiger partial charge on any atom is -0.351 e. The highest BCUT2D eigenvalue weighted by Crippen LogP contribution is 2.20. The van der Waals surface area contributed by atoms with Crippen LogP contribution in [0.3, 0.4) is 0 Å². The molecule has 0 aliphatic rings. The van der Waals surface area contributed by atoms with E-state index in [9.17, 15) is 9.59 Å². The van der Waals surface area contributed by atoms with E-state index in [0.29, 0.717) is 22.8 Å². The molecule has 0 atom stereocenters. The van der Waals surface area contributed by atoms with Crippen LogP contribution in [0.5, 0.6) is 0 Å². The molecule has 2 aromatic carbocycles.